The van der Waals surface area contributed by atoms with Crippen LogP contribution in [-0.2, 0) is 14.3 Å². The SMILES string of the molecule is COC(=O)/C=C(/C)N[C@@H](C(=O)O)c1ccc([O-])cc1.[K+]. The van der Waals surface area contributed by atoms with Gasteiger partial charge in [0, 0.05) is 11.8 Å². The summed E-state index contributed by atoms with van der Waals surface area (Å²) in [5.74, 6) is -1.89. The molecular formula is C13H14KNO5. The van der Waals surface area contributed by atoms with Crippen LogP contribution in [0.25, 0.3) is 0 Å². The van der Waals surface area contributed by atoms with Gasteiger partial charge in [-0.05, 0) is 12.5 Å². The number of esters is 1. The van der Waals surface area contributed by atoms with Crippen molar-refractivity contribution in [3.63, 3.8) is 0 Å². The van der Waals surface area contributed by atoms with Gasteiger partial charge in [0.2, 0.25) is 0 Å². The summed E-state index contributed by atoms with van der Waals surface area (Å²) in [6, 6.07) is 4.39. The fourth-order valence-electron chi connectivity index (χ4n) is 1.45. The van der Waals surface area contributed by atoms with Gasteiger partial charge in [-0.3, -0.25) is 0 Å². The van der Waals surface area contributed by atoms with E-state index in [2.05, 4.69) is 10.1 Å². The average Bonchev–Trinajstić information content (AvgIpc) is 2.36. The molecule has 0 aromatic heterocycles. The van der Waals surface area contributed by atoms with Crippen molar-refractivity contribution in [1.82, 2.24) is 5.32 Å². The molecule has 1 aromatic rings. The van der Waals surface area contributed by atoms with E-state index in [4.69, 9.17) is 5.11 Å². The zero-order chi connectivity index (χ0) is 14.4. The smallest absolute Gasteiger partial charge is 0.872 e. The molecule has 0 amide bonds. The summed E-state index contributed by atoms with van der Waals surface area (Å²) >= 11 is 0. The van der Waals surface area contributed by atoms with E-state index < -0.39 is 18.0 Å². The maximum Gasteiger partial charge on any atom is 1.00 e. The molecule has 0 spiro atoms. The molecule has 0 fully saturated rings. The van der Waals surface area contributed by atoms with E-state index in [1.807, 2.05) is 0 Å². The number of hydrogen-bond acceptors (Lipinski definition) is 5. The molecule has 1 rings (SSSR count). The molecule has 0 aliphatic rings. The normalized spacial score (nSPS) is 12.0. The van der Waals surface area contributed by atoms with Crippen LogP contribution in [0, 0.1) is 0 Å². The number of carboxylic acid groups (broad SMARTS) is 1. The van der Waals surface area contributed by atoms with Crippen LogP contribution in [0.2, 0.25) is 0 Å². The van der Waals surface area contributed by atoms with E-state index in [-0.39, 0.29) is 57.1 Å². The van der Waals surface area contributed by atoms with Crippen LogP contribution >= 0.6 is 0 Å². The second-order valence-electron chi connectivity index (χ2n) is 3.84. The number of hydrogen-bond donors (Lipinski definition) is 2. The molecular weight excluding hydrogens is 289 g/mol. The van der Waals surface area contributed by atoms with Crippen molar-refractivity contribution < 1.29 is 75.9 Å². The van der Waals surface area contributed by atoms with Crippen LogP contribution in [0.4, 0.5) is 0 Å². The van der Waals surface area contributed by atoms with E-state index in [0.717, 1.165) is 6.08 Å². The molecule has 0 aliphatic carbocycles. The van der Waals surface area contributed by atoms with Gasteiger partial charge in [-0.15, -0.1) is 5.75 Å². The third-order valence-corrected chi connectivity index (χ3v) is 2.37. The fraction of sp³-hybridized carbons (Fsp3) is 0.231. The summed E-state index contributed by atoms with van der Waals surface area (Å²) in [5.41, 5.74) is 0.773. The monoisotopic (exact) mass is 303 g/mol. The van der Waals surface area contributed by atoms with Crippen molar-refractivity contribution >= 4 is 11.9 Å². The van der Waals surface area contributed by atoms with Crippen molar-refractivity contribution in [3.8, 4) is 5.75 Å². The molecule has 1 atom stereocenters. The largest absolute Gasteiger partial charge is 1.00 e. The molecule has 20 heavy (non-hydrogen) atoms. The molecule has 0 aliphatic heterocycles. The summed E-state index contributed by atoms with van der Waals surface area (Å²) in [7, 11) is 1.23. The van der Waals surface area contributed by atoms with Crippen molar-refractivity contribution in [2.75, 3.05) is 7.11 Å². The zero-order valence-electron chi connectivity index (χ0n) is 11.5. The minimum atomic E-state index is -1.11. The number of ether oxygens (including phenoxy) is 1. The maximum absolute atomic E-state index is 11.2. The standard InChI is InChI=1S/C13H15NO5.K/c1-8(7-11(16)19-2)14-12(13(17)18)9-3-5-10(15)6-4-9;/h3-7,12,14-15H,1-2H3,(H,17,18);/q;+1/p-1/b8-7-;/t12-;/m1./s1. The quantitative estimate of drug-likeness (QED) is 0.356. The number of nitrogens with one attached hydrogen (secondary N) is 1. The van der Waals surface area contributed by atoms with E-state index >= 15 is 0 Å². The molecule has 1 aromatic carbocycles. The van der Waals surface area contributed by atoms with Crippen LogP contribution in [0.1, 0.15) is 18.5 Å². The Morgan fingerprint density at radius 2 is 1.90 bits per heavy atom. The number of methoxy groups -OCH3 is 1. The van der Waals surface area contributed by atoms with Gasteiger partial charge in [0.05, 0.1) is 7.11 Å². The summed E-state index contributed by atoms with van der Waals surface area (Å²) in [6.07, 6.45) is 1.15. The van der Waals surface area contributed by atoms with Gasteiger partial charge in [0.25, 0.3) is 0 Å². The summed E-state index contributed by atoms with van der Waals surface area (Å²) in [4.78, 5) is 22.2. The van der Waals surface area contributed by atoms with Crippen LogP contribution in [0.3, 0.4) is 0 Å². The van der Waals surface area contributed by atoms with Gasteiger partial charge in [0.15, 0.2) is 0 Å². The van der Waals surface area contributed by atoms with E-state index in [9.17, 15) is 14.7 Å². The minimum absolute atomic E-state index is 0. The van der Waals surface area contributed by atoms with E-state index in [1.54, 1.807) is 6.92 Å². The summed E-state index contributed by atoms with van der Waals surface area (Å²) < 4.78 is 4.44. The van der Waals surface area contributed by atoms with Crippen LogP contribution < -0.4 is 61.8 Å². The van der Waals surface area contributed by atoms with Crippen LogP contribution in [0.5, 0.6) is 5.75 Å². The van der Waals surface area contributed by atoms with Crippen molar-refractivity contribution in [1.29, 1.82) is 0 Å². The average molecular weight is 303 g/mol. The number of carboxylic acids is 1. The Kier molecular flexibility index (Phi) is 8.75. The Balaban J connectivity index is 0.00000361. The zero-order valence-corrected chi connectivity index (χ0v) is 14.7. The minimum Gasteiger partial charge on any atom is -0.872 e. The van der Waals surface area contributed by atoms with E-state index in [1.165, 1.54) is 31.4 Å². The molecule has 0 saturated carbocycles. The van der Waals surface area contributed by atoms with Gasteiger partial charge in [-0.2, -0.15) is 0 Å². The second kappa shape index (κ2) is 9.14. The molecule has 2 N–H and O–H groups in total. The molecule has 0 radical (unpaired) electrons. The number of allylic oxidation sites excluding steroid dienone is 1. The van der Waals surface area contributed by atoms with Crippen LogP contribution in [0.15, 0.2) is 36.0 Å². The number of carbonyl (C=O) groups excluding carboxylic acids is 1. The first-order valence-corrected chi connectivity index (χ1v) is 5.46. The van der Waals surface area contributed by atoms with Crippen molar-refractivity contribution in [2.45, 2.75) is 13.0 Å². The first-order valence-electron chi connectivity index (χ1n) is 5.46. The number of benzene rings is 1. The predicted octanol–water partition coefficient (Wildman–Crippen LogP) is -2.44. The Hall–Kier alpha value is -0.864. The molecule has 102 valence electrons. The Labute approximate surface area is 159 Å². The topological polar surface area (TPSA) is 98.7 Å². The molecule has 7 heteroatoms. The van der Waals surface area contributed by atoms with E-state index in [0.29, 0.717) is 11.3 Å². The first-order chi connectivity index (χ1) is 8.93. The second-order valence-corrected chi connectivity index (χ2v) is 3.84. The molecule has 6 nitrogen and oxygen atoms in total. The first kappa shape index (κ1) is 19.1. The van der Waals surface area contributed by atoms with Gasteiger partial charge < -0.3 is 20.3 Å². The molecule has 0 bridgehead atoms. The molecule has 0 saturated heterocycles. The van der Waals surface area contributed by atoms with Crippen molar-refractivity contribution in [3.05, 3.63) is 41.6 Å². The number of rotatable bonds is 5. The Morgan fingerprint density at radius 1 is 1.35 bits per heavy atom. The van der Waals surface area contributed by atoms with Gasteiger partial charge in [-0.1, -0.05) is 24.3 Å². The number of aliphatic carboxylic acids is 1. The predicted molar refractivity (Wildman–Crippen MR) is 65.2 cm³/mol. The van der Waals surface area contributed by atoms with Crippen molar-refractivity contribution in [2.24, 2.45) is 0 Å². The summed E-state index contributed by atoms with van der Waals surface area (Å²) in [6.45, 7) is 1.55. The van der Waals surface area contributed by atoms with Gasteiger partial charge in [-0.25, -0.2) is 9.59 Å². The molecule has 0 unspecified atom stereocenters. The van der Waals surface area contributed by atoms with Gasteiger partial charge >= 0.3 is 63.3 Å². The molecule has 0 heterocycles. The Bertz CT molecular complexity index is 498. The fourth-order valence-corrected chi connectivity index (χ4v) is 1.45. The van der Waals surface area contributed by atoms with Gasteiger partial charge in [0.1, 0.15) is 6.04 Å². The van der Waals surface area contributed by atoms with Crippen LogP contribution in [-0.4, -0.2) is 24.2 Å². The maximum atomic E-state index is 11.2. The Morgan fingerprint density at radius 3 is 2.35 bits per heavy atom. The summed E-state index contributed by atoms with van der Waals surface area (Å²) in [5, 5.41) is 22.8. The third-order valence-electron chi connectivity index (χ3n) is 2.37. The number of carbonyl (C=O) groups is 2. The third kappa shape index (κ3) is 6.06.